The van der Waals surface area contributed by atoms with Gasteiger partial charge in [-0.05, 0) is 41.0 Å². The lowest BCUT2D eigenvalue weighted by atomic mass is 10.1. The minimum absolute atomic E-state index is 0.00305. The van der Waals surface area contributed by atoms with E-state index in [-0.39, 0.29) is 11.7 Å². The summed E-state index contributed by atoms with van der Waals surface area (Å²) in [5, 5.41) is 16.0. The molecule has 25 heavy (non-hydrogen) atoms. The summed E-state index contributed by atoms with van der Waals surface area (Å²) < 4.78 is 0. The Labute approximate surface area is 145 Å². The van der Waals surface area contributed by atoms with Crippen LogP contribution in [0.5, 0.6) is 5.75 Å². The van der Waals surface area contributed by atoms with Crippen molar-refractivity contribution >= 4 is 27.6 Å². The molecule has 4 heteroatoms. The Balaban J connectivity index is 1.48. The molecule has 3 N–H and O–H groups in total. The predicted molar refractivity (Wildman–Crippen MR) is 99.9 cm³/mol. The maximum absolute atomic E-state index is 12.4. The van der Waals surface area contributed by atoms with Gasteiger partial charge in [-0.1, -0.05) is 42.5 Å². The lowest BCUT2D eigenvalue weighted by Gasteiger charge is -2.08. The molecule has 0 saturated heterocycles. The van der Waals surface area contributed by atoms with E-state index in [1.165, 1.54) is 10.9 Å². The zero-order chi connectivity index (χ0) is 17.2. The average molecular weight is 330 g/mol. The quantitative estimate of drug-likeness (QED) is 0.529. The van der Waals surface area contributed by atoms with Gasteiger partial charge in [-0.2, -0.15) is 0 Å². The third-order valence-electron chi connectivity index (χ3n) is 4.46. The standard InChI is InChI=1S/C21H18N2O2/c24-20-12-15-6-2-1-5-14(15)11-18(20)21(25)22-10-9-16-13-23-19-8-4-3-7-17(16)19/h1-8,11-13,23-24H,9-10H2,(H,22,25). The van der Waals surface area contributed by atoms with Crippen molar-refractivity contribution in [2.75, 3.05) is 6.54 Å². The fourth-order valence-corrected chi connectivity index (χ4v) is 3.15. The Bertz CT molecular complexity index is 1070. The summed E-state index contributed by atoms with van der Waals surface area (Å²) in [6.07, 6.45) is 2.70. The van der Waals surface area contributed by atoms with Gasteiger partial charge in [-0.3, -0.25) is 4.79 Å². The van der Waals surface area contributed by atoms with Gasteiger partial charge in [0.15, 0.2) is 0 Å². The molecule has 0 atom stereocenters. The van der Waals surface area contributed by atoms with Crippen molar-refractivity contribution < 1.29 is 9.90 Å². The molecule has 0 fully saturated rings. The van der Waals surface area contributed by atoms with Crippen LogP contribution in [-0.4, -0.2) is 22.5 Å². The molecule has 1 amide bonds. The van der Waals surface area contributed by atoms with Gasteiger partial charge in [0.2, 0.25) is 0 Å². The first-order valence-electron chi connectivity index (χ1n) is 8.27. The molecular weight excluding hydrogens is 312 g/mol. The molecule has 0 radical (unpaired) electrons. The number of H-pyrrole nitrogens is 1. The summed E-state index contributed by atoms with van der Waals surface area (Å²) >= 11 is 0. The van der Waals surface area contributed by atoms with Crippen molar-refractivity contribution in [3.63, 3.8) is 0 Å². The fourth-order valence-electron chi connectivity index (χ4n) is 3.15. The van der Waals surface area contributed by atoms with Crippen LogP contribution in [0.2, 0.25) is 0 Å². The number of fused-ring (bicyclic) bond motifs is 2. The van der Waals surface area contributed by atoms with E-state index in [2.05, 4.69) is 16.4 Å². The molecule has 0 unspecified atom stereocenters. The number of hydrogen-bond donors (Lipinski definition) is 3. The fraction of sp³-hybridized carbons (Fsp3) is 0.0952. The van der Waals surface area contributed by atoms with Gasteiger partial charge in [-0.25, -0.2) is 0 Å². The van der Waals surface area contributed by atoms with Gasteiger partial charge >= 0.3 is 0 Å². The second kappa shape index (κ2) is 6.32. The number of aromatic hydroxyl groups is 1. The van der Waals surface area contributed by atoms with Crippen molar-refractivity contribution in [3.8, 4) is 5.75 Å². The number of phenols is 1. The number of aromatic amines is 1. The van der Waals surface area contributed by atoms with Crippen molar-refractivity contribution in [3.05, 3.63) is 78.0 Å². The van der Waals surface area contributed by atoms with Crippen LogP contribution in [0.3, 0.4) is 0 Å². The number of nitrogens with one attached hydrogen (secondary N) is 2. The van der Waals surface area contributed by atoms with Gasteiger partial charge in [0.1, 0.15) is 5.75 Å². The highest BCUT2D eigenvalue weighted by Gasteiger charge is 2.12. The number of amides is 1. The van der Waals surface area contributed by atoms with Crippen LogP contribution in [0, 0.1) is 0 Å². The number of benzene rings is 3. The Morgan fingerprint density at radius 3 is 2.56 bits per heavy atom. The average Bonchev–Trinajstić information content (AvgIpc) is 3.04. The maximum atomic E-state index is 12.4. The number of rotatable bonds is 4. The SMILES string of the molecule is O=C(NCCc1c[nH]c2ccccc12)c1cc2ccccc2cc1O. The molecule has 4 nitrogen and oxygen atoms in total. The van der Waals surface area contributed by atoms with E-state index in [9.17, 15) is 9.90 Å². The summed E-state index contributed by atoms with van der Waals surface area (Å²) in [6, 6.07) is 19.1. The number of hydrogen-bond acceptors (Lipinski definition) is 2. The maximum Gasteiger partial charge on any atom is 0.255 e. The zero-order valence-corrected chi connectivity index (χ0v) is 13.6. The molecule has 4 rings (SSSR count). The molecule has 1 heterocycles. The first-order chi connectivity index (χ1) is 12.2. The van der Waals surface area contributed by atoms with Gasteiger partial charge in [0.05, 0.1) is 5.56 Å². The van der Waals surface area contributed by atoms with Crippen LogP contribution in [0.1, 0.15) is 15.9 Å². The largest absolute Gasteiger partial charge is 0.507 e. The van der Waals surface area contributed by atoms with E-state index in [0.29, 0.717) is 12.1 Å². The van der Waals surface area contributed by atoms with Crippen LogP contribution >= 0.6 is 0 Å². The molecule has 1 aromatic heterocycles. The van der Waals surface area contributed by atoms with Gasteiger partial charge in [0, 0.05) is 23.6 Å². The molecule has 0 aliphatic carbocycles. The highest BCUT2D eigenvalue weighted by atomic mass is 16.3. The van der Waals surface area contributed by atoms with Crippen molar-refractivity contribution in [1.82, 2.24) is 10.3 Å². The molecule has 0 saturated carbocycles. The van der Waals surface area contributed by atoms with Crippen LogP contribution in [0.25, 0.3) is 21.7 Å². The molecule has 0 bridgehead atoms. The lowest BCUT2D eigenvalue weighted by Crippen LogP contribution is -2.25. The number of para-hydroxylation sites is 1. The monoisotopic (exact) mass is 330 g/mol. The molecule has 4 aromatic rings. The van der Waals surface area contributed by atoms with E-state index < -0.39 is 0 Å². The normalized spacial score (nSPS) is 11.0. The second-order valence-electron chi connectivity index (χ2n) is 6.08. The first kappa shape index (κ1) is 15.3. The lowest BCUT2D eigenvalue weighted by molar-refractivity contribution is 0.0951. The van der Waals surface area contributed by atoms with Gasteiger partial charge < -0.3 is 15.4 Å². The van der Waals surface area contributed by atoms with Gasteiger partial charge in [-0.15, -0.1) is 0 Å². The van der Waals surface area contributed by atoms with Crippen molar-refractivity contribution in [2.45, 2.75) is 6.42 Å². The molecule has 0 spiro atoms. The molecule has 0 aliphatic rings. The second-order valence-corrected chi connectivity index (χ2v) is 6.08. The summed E-state index contributed by atoms with van der Waals surface area (Å²) in [6.45, 7) is 0.507. The van der Waals surface area contributed by atoms with Crippen LogP contribution < -0.4 is 5.32 Å². The highest BCUT2D eigenvalue weighted by molar-refractivity contribution is 6.01. The highest BCUT2D eigenvalue weighted by Crippen LogP contribution is 2.25. The summed E-state index contributed by atoms with van der Waals surface area (Å²) in [5.41, 5.74) is 2.56. The topological polar surface area (TPSA) is 65.1 Å². The summed E-state index contributed by atoms with van der Waals surface area (Å²) in [5.74, 6) is -0.258. The number of carbonyl (C=O) groups excluding carboxylic acids is 1. The number of carbonyl (C=O) groups is 1. The third kappa shape index (κ3) is 2.94. The first-order valence-corrected chi connectivity index (χ1v) is 8.27. The Hall–Kier alpha value is -3.27. The molecule has 124 valence electrons. The Kier molecular flexibility index (Phi) is 3.86. The molecule has 3 aromatic carbocycles. The zero-order valence-electron chi connectivity index (χ0n) is 13.6. The predicted octanol–water partition coefficient (Wildman–Crippen LogP) is 4.00. The minimum atomic E-state index is -0.261. The van der Waals surface area contributed by atoms with E-state index in [0.717, 1.165) is 22.7 Å². The smallest absolute Gasteiger partial charge is 0.255 e. The Morgan fingerprint density at radius 2 is 1.72 bits per heavy atom. The summed E-state index contributed by atoms with van der Waals surface area (Å²) in [7, 11) is 0. The number of phenolic OH excluding ortho intramolecular Hbond substituents is 1. The minimum Gasteiger partial charge on any atom is -0.507 e. The van der Waals surface area contributed by atoms with Crippen molar-refractivity contribution in [1.29, 1.82) is 0 Å². The van der Waals surface area contributed by atoms with E-state index in [1.54, 1.807) is 12.1 Å². The van der Waals surface area contributed by atoms with Crippen LogP contribution in [0.4, 0.5) is 0 Å². The molecule has 0 aliphatic heterocycles. The summed E-state index contributed by atoms with van der Waals surface area (Å²) in [4.78, 5) is 15.7. The third-order valence-corrected chi connectivity index (χ3v) is 4.46. The van der Waals surface area contributed by atoms with Gasteiger partial charge in [0.25, 0.3) is 5.91 Å². The molecular formula is C21H18N2O2. The number of aromatic nitrogens is 1. The van der Waals surface area contributed by atoms with E-state index >= 15 is 0 Å². The van der Waals surface area contributed by atoms with Crippen LogP contribution in [-0.2, 0) is 6.42 Å². The Morgan fingerprint density at radius 1 is 1.00 bits per heavy atom. The van der Waals surface area contributed by atoms with E-state index in [4.69, 9.17) is 0 Å². The van der Waals surface area contributed by atoms with Crippen LogP contribution in [0.15, 0.2) is 66.9 Å². The van der Waals surface area contributed by atoms with Crippen molar-refractivity contribution in [2.24, 2.45) is 0 Å². The van der Waals surface area contributed by atoms with E-state index in [1.807, 2.05) is 48.7 Å².